The van der Waals surface area contributed by atoms with E-state index in [-0.39, 0.29) is 19.7 Å². The molecular weight excluding hydrogens is 379 g/mol. The fourth-order valence-corrected chi connectivity index (χ4v) is 6.00. The molecule has 0 bridgehead atoms. The summed E-state index contributed by atoms with van der Waals surface area (Å²) in [5, 5.41) is 1.17. The molecule has 0 aliphatic rings. The first kappa shape index (κ1) is 15.3. The van der Waals surface area contributed by atoms with Gasteiger partial charge >= 0.3 is 151 Å². The first-order valence-corrected chi connectivity index (χ1v) is 10.2. The summed E-state index contributed by atoms with van der Waals surface area (Å²) in [6.07, 6.45) is 0. The van der Waals surface area contributed by atoms with Crippen molar-refractivity contribution in [2.75, 3.05) is 0 Å². The molecule has 0 aliphatic heterocycles. The zero-order valence-electron chi connectivity index (χ0n) is 12.8. The molecule has 1 heterocycles. The molecule has 3 heteroatoms. The Bertz CT molecular complexity index is 1040. The van der Waals surface area contributed by atoms with Gasteiger partial charge in [0.2, 0.25) is 0 Å². The standard InChI is InChI=1S/C21H14OSSe/c22-21-20(24-16-11-5-2-6-12-16)19(15-9-3-1-4-10-15)17-13-7-8-14-18(17)23-21/h1-14H. The van der Waals surface area contributed by atoms with Crippen LogP contribution in [0.15, 0.2) is 89.7 Å². The van der Waals surface area contributed by atoms with Crippen LogP contribution in [-0.4, -0.2) is 15.0 Å². The molecule has 4 aromatic rings. The Morgan fingerprint density at radius 2 is 1.33 bits per heavy atom. The fourth-order valence-electron chi connectivity index (χ4n) is 2.72. The molecule has 4 rings (SSSR count). The molecule has 0 saturated heterocycles. The molecule has 0 N–H and O–H groups in total. The van der Waals surface area contributed by atoms with Gasteiger partial charge in [-0.3, -0.25) is 0 Å². The molecule has 3 aromatic carbocycles. The van der Waals surface area contributed by atoms with Crippen molar-refractivity contribution in [3.05, 3.63) is 94.5 Å². The van der Waals surface area contributed by atoms with Crippen molar-refractivity contribution >= 4 is 45.3 Å². The number of hydrogen-bond acceptors (Lipinski definition) is 2. The summed E-state index contributed by atoms with van der Waals surface area (Å²) in [6.45, 7) is 0. The molecule has 0 fully saturated rings. The molecule has 1 nitrogen and oxygen atoms in total. The third-order valence-electron chi connectivity index (χ3n) is 3.80. The van der Waals surface area contributed by atoms with Crippen molar-refractivity contribution in [1.29, 1.82) is 0 Å². The van der Waals surface area contributed by atoms with Crippen molar-refractivity contribution < 1.29 is 0 Å². The summed E-state index contributed by atoms with van der Waals surface area (Å²) in [6, 6.07) is 28.8. The van der Waals surface area contributed by atoms with E-state index in [0.717, 1.165) is 20.3 Å². The second-order valence-electron chi connectivity index (χ2n) is 5.37. The van der Waals surface area contributed by atoms with Crippen molar-refractivity contribution in [1.82, 2.24) is 0 Å². The van der Waals surface area contributed by atoms with Gasteiger partial charge in [0.15, 0.2) is 0 Å². The van der Waals surface area contributed by atoms with Crippen molar-refractivity contribution in [2.24, 2.45) is 0 Å². The normalized spacial score (nSPS) is 10.8. The predicted octanol–water partition coefficient (Wildman–Crippen LogP) is 3.58. The molecular formula is C21H14OSSe. The predicted molar refractivity (Wildman–Crippen MR) is 105 cm³/mol. The zero-order chi connectivity index (χ0) is 16.4. The van der Waals surface area contributed by atoms with Gasteiger partial charge in [-0.2, -0.15) is 0 Å². The van der Waals surface area contributed by atoms with Crippen LogP contribution in [0.4, 0.5) is 0 Å². The monoisotopic (exact) mass is 394 g/mol. The molecule has 0 spiro atoms. The van der Waals surface area contributed by atoms with Crippen LogP contribution >= 0.6 is 11.3 Å². The quantitative estimate of drug-likeness (QED) is 0.487. The van der Waals surface area contributed by atoms with E-state index in [2.05, 4.69) is 30.3 Å². The molecule has 0 aliphatic carbocycles. The summed E-state index contributed by atoms with van der Waals surface area (Å²) in [5.74, 6) is 0. The van der Waals surface area contributed by atoms with Crippen LogP contribution in [0.3, 0.4) is 0 Å². The fraction of sp³-hybridized carbons (Fsp3) is 0. The Balaban J connectivity index is 2.01. The van der Waals surface area contributed by atoms with Crippen LogP contribution in [-0.2, 0) is 0 Å². The van der Waals surface area contributed by atoms with Gasteiger partial charge < -0.3 is 0 Å². The van der Waals surface area contributed by atoms with Gasteiger partial charge in [-0.05, 0) is 0 Å². The number of fused-ring (bicyclic) bond motifs is 1. The Morgan fingerprint density at radius 3 is 2.08 bits per heavy atom. The third kappa shape index (κ3) is 2.94. The van der Waals surface area contributed by atoms with E-state index in [1.54, 1.807) is 0 Å². The SMILES string of the molecule is O=c1sc2ccccc2c(-c2ccccc2)c1[Se]c1ccccc1. The van der Waals surface area contributed by atoms with Crippen molar-refractivity contribution in [3.8, 4) is 11.1 Å². The molecule has 24 heavy (non-hydrogen) atoms. The van der Waals surface area contributed by atoms with E-state index < -0.39 is 0 Å². The van der Waals surface area contributed by atoms with Crippen molar-refractivity contribution in [2.45, 2.75) is 0 Å². The van der Waals surface area contributed by atoms with Gasteiger partial charge in [0.1, 0.15) is 0 Å². The van der Waals surface area contributed by atoms with Gasteiger partial charge in [-0.1, -0.05) is 0 Å². The minimum absolute atomic E-state index is 0.00987. The Kier molecular flexibility index (Phi) is 4.31. The minimum atomic E-state index is -0.00987. The summed E-state index contributed by atoms with van der Waals surface area (Å²) >= 11 is 1.35. The average molecular weight is 393 g/mol. The molecule has 0 saturated carbocycles. The van der Waals surface area contributed by atoms with Crippen LogP contribution in [0.25, 0.3) is 21.2 Å². The van der Waals surface area contributed by atoms with Gasteiger partial charge in [0.25, 0.3) is 0 Å². The molecule has 0 unspecified atom stereocenters. The zero-order valence-corrected chi connectivity index (χ0v) is 15.3. The third-order valence-corrected chi connectivity index (χ3v) is 7.37. The Labute approximate surface area is 150 Å². The molecule has 0 radical (unpaired) electrons. The molecule has 1 aromatic heterocycles. The summed E-state index contributed by atoms with van der Waals surface area (Å²) in [5.41, 5.74) is 2.21. The number of benzene rings is 3. The van der Waals surface area contributed by atoms with Gasteiger partial charge in [-0.15, -0.1) is 0 Å². The molecule has 0 atom stereocenters. The van der Waals surface area contributed by atoms with E-state index in [9.17, 15) is 4.79 Å². The summed E-state index contributed by atoms with van der Waals surface area (Å²) in [7, 11) is 0. The van der Waals surface area contributed by atoms with Crippen LogP contribution < -0.4 is 13.7 Å². The van der Waals surface area contributed by atoms with Crippen molar-refractivity contribution in [3.63, 3.8) is 0 Å². The first-order chi connectivity index (χ1) is 11.8. The van der Waals surface area contributed by atoms with E-state index in [1.807, 2.05) is 54.6 Å². The van der Waals surface area contributed by atoms with Gasteiger partial charge in [0, 0.05) is 0 Å². The topological polar surface area (TPSA) is 17.1 Å². The average Bonchev–Trinajstić information content (AvgIpc) is 2.64. The van der Waals surface area contributed by atoms with Crippen LogP contribution in [0.2, 0.25) is 0 Å². The second-order valence-corrected chi connectivity index (χ2v) is 8.66. The summed E-state index contributed by atoms with van der Waals surface area (Å²) in [4.78, 5) is 12.9. The number of hydrogen-bond donors (Lipinski definition) is 0. The maximum atomic E-state index is 12.9. The maximum absolute atomic E-state index is 12.9. The number of rotatable bonds is 3. The van der Waals surface area contributed by atoms with Crippen LogP contribution in [0.5, 0.6) is 0 Å². The molecule has 116 valence electrons. The second kappa shape index (κ2) is 6.74. The van der Waals surface area contributed by atoms with E-state index >= 15 is 0 Å². The van der Waals surface area contributed by atoms with Crippen LogP contribution in [0.1, 0.15) is 0 Å². The van der Waals surface area contributed by atoms with Gasteiger partial charge in [0.05, 0.1) is 0 Å². The van der Waals surface area contributed by atoms with E-state index in [4.69, 9.17) is 0 Å². The van der Waals surface area contributed by atoms with Crippen LogP contribution in [0, 0.1) is 0 Å². The Hall–Kier alpha value is -2.19. The first-order valence-electron chi connectivity index (χ1n) is 7.67. The van der Waals surface area contributed by atoms with E-state index in [1.165, 1.54) is 21.2 Å². The van der Waals surface area contributed by atoms with E-state index in [0.29, 0.717) is 0 Å². The van der Waals surface area contributed by atoms with Gasteiger partial charge in [-0.25, -0.2) is 0 Å². The molecule has 0 amide bonds. The Morgan fingerprint density at radius 1 is 0.708 bits per heavy atom. The summed E-state index contributed by atoms with van der Waals surface area (Å²) < 4.78 is 3.40.